The van der Waals surface area contributed by atoms with Crippen LogP contribution in [0.15, 0.2) is 18.2 Å². The van der Waals surface area contributed by atoms with Gasteiger partial charge in [0.25, 0.3) is 11.6 Å². The molecule has 1 N–H and O–H groups in total. The Kier molecular flexibility index (Phi) is 6.56. The third-order valence-corrected chi connectivity index (χ3v) is 5.19. The summed E-state index contributed by atoms with van der Waals surface area (Å²) in [6.45, 7) is 5.13. The first-order valence-electron chi connectivity index (χ1n) is 9.86. The van der Waals surface area contributed by atoms with E-state index in [4.69, 9.17) is 9.47 Å². The van der Waals surface area contributed by atoms with Gasteiger partial charge in [0, 0.05) is 23.4 Å². The molecule has 0 aliphatic carbocycles. The maximum Gasteiger partial charge on any atom is 0.453 e. The van der Waals surface area contributed by atoms with Gasteiger partial charge in [0.05, 0.1) is 20.3 Å². The molecule has 172 valence electrons. The van der Waals surface area contributed by atoms with Gasteiger partial charge in [-0.1, -0.05) is 0 Å². The van der Waals surface area contributed by atoms with E-state index in [1.807, 2.05) is 6.92 Å². The molecule has 0 saturated carbocycles. The van der Waals surface area contributed by atoms with Crippen LogP contribution >= 0.6 is 0 Å². The standard InChI is InChI=1S/C21H24F3N5O3/c1-11-15(13(3)29-20(26-11)27-19(28-29)21(22,23)24)7-9-18(30)25-12(2)16-10-14(31-4)6-8-17(16)32-5/h6,8,10,12H,7,9H2,1-5H3,(H,25,30)/t12-/m1/s1. The van der Waals surface area contributed by atoms with Crippen molar-refractivity contribution in [3.05, 3.63) is 46.5 Å². The second-order valence-electron chi connectivity index (χ2n) is 7.30. The summed E-state index contributed by atoms with van der Waals surface area (Å²) in [5.74, 6) is -0.344. The van der Waals surface area contributed by atoms with Gasteiger partial charge in [0.2, 0.25) is 5.91 Å². The van der Waals surface area contributed by atoms with Gasteiger partial charge in [-0.05, 0) is 51.0 Å². The summed E-state index contributed by atoms with van der Waals surface area (Å²) in [6, 6.07) is 4.97. The van der Waals surface area contributed by atoms with Crippen LogP contribution in [0.4, 0.5) is 13.2 Å². The van der Waals surface area contributed by atoms with E-state index in [0.717, 1.165) is 10.1 Å². The number of carbonyl (C=O) groups is 1. The van der Waals surface area contributed by atoms with Crippen LogP contribution in [0.3, 0.4) is 0 Å². The lowest BCUT2D eigenvalue weighted by atomic mass is 10.0. The molecule has 32 heavy (non-hydrogen) atoms. The van der Waals surface area contributed by atoms with E-state index in [1.165, 1.54) is 0 Å². The molecule has 0 fully saturated rings. The Morgan fingerprint density at radius 3 is 2.53 bits per heavy atom. The zero-order valence-corrected chi connectivity index (χ0v) is 18.4. The number of benzene rings is 1. The predicted octanol–water partition coefficient (Wildman–Crippen LogP) is 3.59. The first-order chi connectivity index (χ1) is 15.0. The Bertz CT molecular complexity index is 1140. The van der Waals surface area contributed by atoms with E-state index >= 15 is 0 Å². The lowest BCUT2D eigenvalue weighted by Gasteiger charge is -2.18. The number of alkyl halides is 3. The van der Waals surface area contributed by atoms with Crippen LogP contribution in [-0.2, 0) is 17.4 Å². The van der Waals surface area contributed by atoms with E-state index in [2.05, 4.69) is 20.4 Å². The maximum atomic E-state index is 12.9. The van der Waals surface area contributed by atoms with Crippen LogP contribution in [0.5, 0.6) is 11.5 Å². The van der Waals surface area contributed by atoms with Crippen LogP contribution in [0, 0.1) is 13.8 Å². The Hall–Kier alpha value is -3.37. The Balaban J connectivity index is 1.75. The van der Waals surface area contributed by atoms with Crippen molar-refractivity contribution in [1.29, 1.82) is 0 Å². The Labute approximate surface area is 182 Å². The van der Waals surface area contributed by atoms with Crippen molar-refractivity contribution in [2.45, 2.75) is 45.8 Å². The van der Waals surface area contributed by atoms with Crippen molar-refractivity contribution < 1.29 is 27.4 Å². The third-order valence-electron chi connectivity index (χ3n) is 5.19. The summed E-state index contributed by atoms with van der Waals surface area (Å²) in [5, 5.41) is 6.44. The number of aryl methyl sites for hydroxylation is 2. The van der Waals surface area contributed by atoms with Crippen LogP contribution < -0.4 is 14.8 Å². The minimum Gasteiger partial charge on any atom is -0.497 e. The van der Waals surface area contributed by atoms with E-state index in [-0.39, 0.29) is 30.6 Å². The van der Waals surface area contributed by atoms with Crippen molar-refractivity contribution in [1.82, 2.24) is 24.9 Å². The normalized spacial score (nSPS) is 12.6. The van der Waals surface area contributed by atoms with Gasteiger partial charge in [0.15, 0.2) is 0 Å². The fourth-order valence-corrected chi connectivity index (χ4v) is 3.50. The summed E-state index contributed by atoms with van der Waals surface area (Å²) in [6.07, 6.45) is -4.26. The molecule has 1 amide bonds. The molecule has 2 aromatic heterocycles. The third kappa shape index (κ3) is 4.76. The number of hydrogen-bond donors (Lipinski definition) is 1. The molecule has 8 nitrogen and oxygen atoms in total. The number of halogens is 3. The zero-order valence-electron chi connectivity index (χ0n) is 18.4. The number of ether oxygens (including phenoxy) is 2. The summed E-state index contributed by atoms with van der Waals surface area (Å²) in [5.41, 5.74) is 2.38. The monoisotopic (exact) mass is 451 g/mol. The summed E-state index contributed by atoms with van der Waals surface area (Å²) >= 11 is 0. The molecular formula is C21H24F3N5O3. The number of aromatic nitrogens is 4. The number of fused-ring (bicyclic) bond motifs is 1. The van der Waals surface area contributed by atoms with Gasteiger partial charge in [-0.25, -0.2) is 9.50 Å². The fraction of sp³-hybridized carbons (Fsp3) is 0.429. The first-order valence-corrected chi connectivity index (χ1v) is 9.86. The van der Waals surface area contributed by atoms with Crippen LogP contribution in [0.25, 0.3) is 5.78 Å². The number of hydrogen-bond acceptors (Lipinski definition) is 6. The number of carbonyl (C=O) groups excluding carboxylic acids is 1. The molecule has 1 atom stereocenters. The molecule has 3 aromatic rings. The predicted molar refractivity (Wildman–Crippen MR) is 110 cm³/mol. The number of methoxy groups -OCH3 is 2. The zero-order chi connectivity index (χ0) is 23.6. The SMILES string of the molecule is COc1ccc(OC)c([C@@H](C)NC(=O)CCc2c(C)nc3nc(C(F)(F)F)nn3c2C)c1. The highest BCUT2D eigenvalue weighted by Gasteiger charge is 2.37. The fourth-order valence-electron chi connectivity index (χ4n) is 3.50. The molecule has 0 spiro atoms. The second-order valence-corrected chi connectivity index (χ2v) is 7.30. The van der Waals surface area contributed by atoms with E-state index in [9.17, 15) is 18.0 Å². The van der Waals surface area contributed by atoms with Gasteiger partial charge in [-0.15, -0.1) is 5.10 Å². The minimum absolute atomic E-state index is 0.117. The quantitative estimate of drug-likeness (QED) is 0.591. The van der Waals surface area contributed by atoms with Gasteiger partial charge in [0.1, 0.15) is 11.5 Å². The highest BCUT2D eigenvalue weighted by atomic mass is 19.4. The minimum atomic E-state index is -4.66. The molecule has 0 saturated heterocycles. The largest absolute Gasteiger partial charge is 0.497 e. The van der Waals surface area contributed by atoms with Crippen LogP contribution in [-0.4, -0.2) is 39.7 Å². The van der Waals surface area contributed by atoms with Gasteiger partial charge in [-0.2, -0.15) is 18.2 Å². The molecule has 0 bridgehead atoms. The lowest BCUT2D eigenvalue weighted by Crippen LogP contribution is -2.27. The maximum absolute atomic E-state index is 12.9. The summed E-state index contributed by atoms with van der Waals surface area (Å²) in [4.78, 5) is 20.2. The van der Waals surface area contributed by atoms with Gasteiger partial charge in [-0.3, -0.25) is 4.79 Å². The van der Waals surface area contributed by atoms with Crippen molar-refractivity contribution >= 4 is 11.7 Å². The molecule has 1 aromatic carbocycles. The molecule has 0 aliphatic rings. The highest BCUT2D eigenvalue weighted by molar-refractivity contribution is 5.77. The van der Waals surface area contributed by atoms with E-state index < -0.39 is 12.0 Å². The van der Waals surface area contributed by atoms with Gasteiger partial charge >= 0.3 is 6.18 Å². The first kappa shape index (κ1) is 23.3. The molecular weight excluding hydrogens is 427 g/mol. The Morgan fingerprint density at radius 2 is 1.91 bits per heavy atom. The molecule has 0 radical (unpaired) electrons. The van der Waals surface area contributed by atoms with Gasteiger partial charge < -0.3 is 14.8 Å². The molecule has 2 heterocycles. The summed E-state index contributed by atoms with van der Waals surface area (Å²) < 4.78 is 50.5. The highest BCUT2D eigenvalue weighted by Crippen LogP contribution is 2.30. The van der Waals surface area contributed by atoms with Crippen LogP contribution in [0.1, 0.15) is 47.7 Å². The molecule has 3 rings (SSSR count). The smallest absolute Gasteiger partial charge is 0.453 e. The average molecular weight is 451 g/mol. The number of nitrogens with one attached hydrogen (secondary N) is 1. The number of amides is 1. The van der Waals surface area contributed by atoms with Crippen molar-refractivity contribution in [3.8, 4) is 11.5 Å². The lowest BCUT2D eigenvalue weighted by molar-refractivity contribution is -0.144. The molecule has 0 unspecified atom stereocenters. The molecule has 0 aliphatic heterocycles. The molecule has 11 heteroatoms. The van der Waals surface area contributed by atoms with Crippen molar-refractivity contribution in [3.63, 3.8) is 0 Å². The Morgan fingerprint density at radius 1 is 1.19 bits per heavy atom. The van der Waals surface area contributed by atoms with E-state index in [0.29, 0.717) is 28.5 Å². The summed E-state index contributed by atoms with van der Waals surface area (Å²) in [7, 11) is 3.10. The topological polar surface area (TPSA) is 90.6 Å². The average Bonchev–Trinajstić information content (AvgIpc) is 3.17. The number of nitrogens with zero attached hydrogens (tertiary/aromatic N) is 4. The second kappa shape index (κ2) is 9.01. The van der Waals surface area contributed by atoms with E-state index in [1.54, 1.807) is 46.3 Å². The number of rotatable bonds is 7. The van der Waals surface area contributed by atoms with Crippen molar-refractivity contribution in [2.75, 3.05) is 14.2 Å². The van der Waals surface area contributed by atoms with Crippen LogP contribution in [0.2, 0.25) is 0 Å². The van der Waals surface area contributed by atoms with Crippen molar-refractivity contribution in [2.24, 2.45) is 0 Å².